The third-order valence-corrected chi connectivity index (χ3v) is 3.13. The van der Waals surface area contributed by atoms with E-state index in [1.807, 2.05) is 7.05 Å². The van der Waals surface area contributed by atoms with Crippen molar-refractivity contribution in [2.24, 2.45) is 5.73 Å². The Bertz CT molecular complexity index is 383. The van der Waals surface area contributed by atoms with Crippen LogP contribution >= 0.6 is 0 Å². The highest BCUT2D eigenvalue weighted by Crippen LogP contribution is 2.35. The second-order valence-corrected chi connectivity index (χ2v) is 4.34. The van der Waals surface area contributed by atoms with Gasteiger partial charge in [-0.05, 0) is 31.7 Å². The van der Waals surface area contributed by atoms with Crippen LogP contribution in [0.4, 0.5) is 4.39 Å². The van der Waals surface area contributed by atoms with Crippen molar-refractivity contribution in [3.63, 3.8) is 0 Å². The van der Waals surface area contributed by atoms with E-state index in [-0.39, 0.29) is 17.9 Å². The quantitative estimate of drug-likeness (QED) is 0.828. The molecule has 1 aromatic rings. The summed E-state index contributed by atoms with van der Waals surface area (Å²) in [5.74, 6) is 0.497. The fourth-order valence-electron chi connectivity index (χ4n) is 2.37. The van der Waals surface area contributed by atoms with Gasteiger partial charge >= 0.3 is 0 Å². The van der Waals surface area contributed by atoms with Crippen LogP contribution in [0.25, 0.3) is 0 Å². The van der Waals surface area contributed by atoms with E-state index in [0.29, 0.717) is 0 Å². The van der Waals surface area contributed by atoms with Crippen molar-refractivity contribution in [1.82, 2.24) is 4.90 Å². The van der Waals surface area contributed by atoms with Crippen LogP contribution in [0.15, 0.2) is 18.2 Å². The Kier molecular flexibility index (Phi) is 3.12. The lowest BCUT2D eigenvalue weighted by Gasteiger charge is -2.21. The van der Waals surface area contributed by atoms with Crippen molar-refractivity contribution in [2.75, 3.05) is 20.7 Å². The molecule has 0 radical (unpaired) electrons. The van der Waals surface area contributed by atoms with E-state index in [0.717, 1.165) is 24.3 Å². The molecule has 0 bridgehead atoms. The summed E-state index contributed by atoms with van der Waals surface area (Å²) < 4.78 is 18.5. The molecule has 0 aliphatic carbocycles. The number of likely N-dealkylation sites (tertiary alicyclic amines) is 1. The van der Waals surface area contributed by atoms with Crippen LogP contribution in [0.2, 0.25) is 0 Å². The van der Waals surface area contributed by atoms with Gasteiger partial charge in [-0.1, -0.05) is 0 Å². The Morgan fingerprint density at radius 3 is 2.81 bits per heavy atom. The SMILES string of the molecule is COc1ccc(F)cc1C1CC(N)CN1C. The molecule has 16 heavy (non-hydrogen) atoms. The number of likely N-dealkylation sites (N-methyl/N-ethyl adjacent to an activating group) is 1. The smallest absolute Gasteiger partial charge is 0.123 e. The number of nitrogens with two attached hydrogens (primary N) is 1. The van der Waals surface area contributed by atoms with E-state index in [1.165, 1.54) is 12.1 Å². The average Bonchev–Trinajstić information content (AvgIpc) is 2.57. The highest BCUT2D eigenvalue weighted by Gasteiger charge is 2.30. The minimum atomic E-state index is -0.232. The zero-order valence-electron chi connectivity index (χ0n) is 9.61. The number of halogens is 1. The Morgan fingerprint density at radius 1 is 1.50 bits per heavy atom. The summed E-state index contributed by atoms with van der Waals surface area (Å²) in [6.07, 6.45) is 0.844. The number of methoxy groups -OCH3 is 1. The van der Waals surface area contributed by atoms with E-state index in [9.17, 15) is 4.39 Å². The van der Waals surface area contributed by atoms with Gasteiger partial charge in [0, 0.05) is 24.2 Å². The second-order valence-electron chi connectivity index (χ2n) is 4.34. The molecule has 2 unspecified atom stereocenters. The number of rotatable bonds is 2. The lowest BCUT2D eigenvalue weighted by molar-refractivity contribution is 0.304. The summed E-state index contributed by atoms with van der Waals surface area (Å²) in [7, 11) is 3.60. The molecule has 2 N–H and O–H groups in total. The van der Waals surface area contributed by atoms with Crippen LogP contribution in [0.3, 0.4) is 0 Å². The molecule has 0 saturated carbocycles. The normalized spacial score (nSPS) is 26.0. The monoisotopic (exact) mass is 224 g/mol. The standard InChI is InChI=1S/C12H17FN2O/c1-15-7-9(14)6-11(15)10-5-8(13)3-4-12(10)16-2/h3-5,9,11H,6-7,14H2,1-2H3. The van der Waals surface area contributed by atoms with Crippen molar-refractivity contribution in [3.05, 3.63) is 29.6 Å². The first-order valence-electron chi connectivity index (χ1n) is 5.41. The molecule has 2 atom stereocenters. The van der Waals surface area contributed by atoms with Crippen LogP contribution in [0.1, 0.15) is 18.0 Å². The first kappa shape index (κ1) is 11.4. The van der Waals surface area contributed by atoms with Gasteiger partial charge in [0.2, 0.25) is 0 Å². The van der Waals surface area contributed by atoms with Crippen LogP contribution in [-0.4, -0.2) is 31.6 Å². The molecule has 1 aromatic carbocycles. The van der Waals surface area contributed by atoms with E-state index < -0.39 is 0 Å². The third kappa shape index (κ3) is 2.03. The van der Waals surface area contributed by atoms with E-state index in [4.69, 9.17) is 10.5 Å². The van der Waals surface area contributed by atoms with Gasteiger partial charge in [-0.25, -0.2) is 4.39 Å². The molecular weight excluding hydrogens is 207 g/mol. The van der Waals surface area contributed by atoms with Gasteiger partial charge in [0.1, 0.15) is 11.6 Å². The van der Waals surface area contributed by atoms with Gasteiger partial charge in [0.05, 0.1) is 7.11 Å². The van der Waals surface area contributed by atoms with Crippen molar-refractivity contribution in [1.29, 1.82) is 0 Å². The molecule has 1 aliphatic rings. The number of ether oxygens (including phenoxy) is 1. The van der Waals surface area contributed by atoms with Crippen molar-refractivity contribution in [3.8, 4) is 5.75 Å². The highest BCUT2D eigenvalue weighted by molar-refractivity contribution is 5.37. The molecule has 1 heterocycles. The minimum Gasteiger partial charge on any atom is -0.496 e. The predicted molar refractivity (Wildman–Crippen MR) is 60.9 cm³/mol. The maximum absolute atomic E-state index is 13.3. The zero-order chi connectivity index (χ0) is 11.7. The number of hydrogen-bond acceptors (Lipinski definition) is 3. The lowest BCUT2D eigenvalue weighted by Crippen LogP contribution is -2.24. The number of hydrogen-bond donors (Lipinski definition) is 1. The summed E-state index contributed by atoms with van der Waals surface area (Å²) in [4.78, 5) is 2.14. The van der Waals surface area contributed by atoms with Crippen molar-refractivity contribution < 1.29 is 9.13 Å². The Labute approximate surface area is 95.0 Å². The minimum absolute atomic E-state index is 0.153. The summed E-state index contributed by atoms with van der Waals surface area (Å²) >= 11 is 0. The Balaban J connectivity index is 2.35. The van der Waals surface area contributed by atoms with Crippen molar-refractivity contribution in [2.45, 2.75) is 18.5 Å². The summed E-state index contributed by atoms with van der Waals surface area (Å²) in [6.45, 7) is 0.838. The molecule has 1 fully saturated rings. The summed E-state index contributed by atoms with van der Waals surface area (Å²) in [5.41, 5.74) is 6.79. The van der Waals surface area contributed by atoms with Gasteiger partial charge < -0.3 is 10.5 Å². The lowest BCUT2D eigenvalue weighted by atomic mass is 10.0. The number of benzene rings is 1. The molecule has 0 amide bonds. The third-order valence-electron chi connectivity index (χ3n) is 3.13. The maximum atomic E-state index is 13.3. The summed E-state index contributed by atoms with van der Waals surface area (Å²) in [5, 5.41) is 0. The van der Waals surface area contributed by atoms with Crippen LogP contribution in [-0.2, 0) is 0 Å². The Hall–Kier alpha value is -1.13. The molecular formula is C12H17FN2O. The van der Waals surface area contributed by atoms with E-state index >= 15 is 0 Å². The van der Waals surface area contributed by atoms with E-state index in [2.05, 4.69) is 4.90 Å². The average molecular weight is 224 g/mol. The molecule has 0 spiro atoms. The molecule has 1 saturated heterocycles. The molecule has 4 heteroatoms. The van der Waals surface area contributed by atoms with Crippen LogP contribution in [0, 0.1) is 5.82 Å². The molecule has 3 nitrogen and oxygen atoms in total. The second kappa shape index (κ2) is 4.39. The fourth-order valence-corrected chi connectivity index (χ4v) is 2.37. The Morgan fingerprint density at radius 2 is 2.25 bits per heavy atom. The largest absolute Gasteiger partial charge is 0.496 e. The van der Waals surface area contributed by atoms with Crippen LogP contribution in [0.5, 0.6) is 5.75 Å². The van der Waals surface area contributed by atoms with E-state index in [1.54, 1.807) is 13.2 Å². The molecule has 88 valence electrons. The zero-order valence-corrected chi connectivity index (χ0v) is 9.61. The van der Waals surface area contributed by atoms with Gasteiger partial charge in [-0.15, -0.1) is 0 Å². The first-order chi connectivity index (χ1) is 7.61. The topological polar surface area (TPSA) is 38.5 Å². The molecule has 1 aliphatic heterocycles. The van der Waals surface area contributed by atoms with Gasteiger partial charge in [0.15, 0.2) is 0 Å². The van der Waals surface area contributed by atoms with Gasteiger partial charge in [-0.3, -0.25) is 4.90 Å². The predicted octanol–water partition coefficient (Wildman–Crippen LogP) is 1.54. The summed E-state index contributed by atoms with van der Waals surface area (Å²) in [6, 6.07) is 4.93. The molecule has 0 aromatic heterocycles. The highest BCUT2D eigenvalue weighted by atomic mass is 19.1. The van der Waals surface area contributed by atoms with Gasteiger partial charge in [0.25, 0.3) is 0 Å². The number of nitrogens with zero attached hydrogens (tertiary/aromatic N) is 1. The van der Waals surface area contributed by atoms with Gasteiger partial charge in [-0.2, -0.15) is 0 Å². The fraction of sp³-hybridized carbons (Fsp3) is 0.500. The first-order valence-corrected chi connectivity index (χ1v) is 5.41. The van der Waals surface area contributed by atoms with Crippen LogP contribution < -0.4 is 10.5 Å². The van der Waals surface area contributed by atoms with Crippen molar-refractivity contribution >= 4 is 0 Å². The maximum Gasteiger partial charge on any atom is 0.123 e. The molecule has 2 rings (SSSR count).